The molecule has 0 N–H and O–H groups in total. The lowest BCUT2D eigenvalue weighted by Crippen LogP contribution is -2.54. The van der Waals surface area contributed by atoms with Crippen molar-refractivity contribution >= 4 is 62.7 Å². The molecule has 0 radical (unpaired) electrons. The molecule has 5 heteroatoms. The summed E-state index contributed by atoms with van der Waals surface area (Å²) < 4.78 is 14.6. The van der Waals surface area contributed by atoms with E-state index in [-0.39, 0.29) is 12.0 Å². The lowest BCUT2D eigenvalue weighted by atomic mass is 9.77. The number of hydrogen-bond acceptors (Lipinski definition) is 1. The van der Waals surface area contributed by atoms with E-state index in [1.54, 1.807) is 0 Å². The van der Waals surface area contributed by atoms with Crippen molar-refractivity contribution in [1.29, 1.82) is 0 Å². The van der Waals surface area contributed by atoms with Crippen LogP contribution in [0.4, 0.5) is 0 Å². The minimum Gasteiger partial charge on any atom is -0.455 e. The lowest BCUT2D eigenvalue weighted by Gasteiger charge is -2.33. The number of benzene rings is 7. The standard InChI is InChI=1S/C56H47N3OSi/c1-36-33-50-44(42-22-10-11-23-43(42)51-34-47(53(35-57(50)51)61(2,3)4)41-25-16-18-37-17-8-9-21-40(37)41)31-29-38-30-32-46-45-24-12-15-28-52(45)60-55(46)54(38)56-58(36)48-26-13-14-27-49(48)59(56)39-19-6-5-7-20-39/h5-28,30,32,34-35,44,50H,1,29,31,33H2,2-4H3/q+2. The molecule has 2 unspecified atom stereocenters. The van der Waals surface area contributed by atoms with Crippen LogP contribution in [-0.4, -0.2) is 12.6 Å². The van der Waals surface area contributed by atoms with Gasteiger partial charge < -0.3 is 4.42 Å². The zero-order valence-corrected chi connectivity index (χ0v) is 35.9. The quantitative estimate of drug-likeness (QED) is 0.129. The number of imidazole rings is 1. The van der Waals surface area contributed by atoms with Gasteiger partial charge in [0.15, 0.2) is 28.9 Å². The average molecular weight is 806 g/mol. The Labute approximate surface area is 357 Å². The summed E-state index contributed by atoms with van der Waals surface area (Å²) in [5.41, 5.74) is 15.5. The van der Waals surface area contributed by atoms with E-state index in [4.69, 9.17) is 11.0 Å². The molecule has 0 fully saturated rings. The van der Waals surface area contributed by atoms with Crippen molar-refractivity contribution in [3.05, 3.63) is 188 Å². The van der Waals surface area contributed by atoms with Crippen molar-refractivity contribution in [3.8, 4) is 39.5 Å². The normalized spacial score (nSPS) is 16.3. The minimum atomic E-state index is -1.89. The van der Waals surface area contributed by atoms with Crippen LogP contribution in [-0.2, 0) is 6.42 Å². The monoisotopic (exact) mass is 805 g/mol. The number of fused-ring (bicyclic) bond motifs is 16. The SMILES string of the molecule is C=C1CC2C(CCc3ccc4c(oc5ccccc54)c3-c3n(-c4ccccc4)c4ccccc4[n+]31)c1ccccc1-c1cc(-c3cccc4ccccc34)c([Si](C)(C)C)c[n+]12. The summed E-state index contributed by atoms with van der Waals surface area (Å²) in [4.78, 5) is 0. The third-order valence-electron chi connectivity index (χ3n) is 13.6. The van der Waals surface area contributed by atoms with Gasteiger partial charge in [-0.1, -0.05) is 148 Å². The van der Waals surface area contributed by atoms with Gasteiger partial charge in [0.2, 0.25) is 5.69 Å². The molecule has 294 valence electrons. The smallest absolute Gasteiger partial charge is 0.304 e. The van der Waals surface area contributed by atoms with Crippen LogP contribution in [0.5, 0.6) is 0 Å². The van der Waals surface area contributed by atoms with E-state index >= 15 is 0 Å². The fraction of sp³-hybridized carbons (Fsp3) is 0.143. The number of aromatic nitrogens is 3. The van der Waals surface area contributed by atoms with Gasteiger partial charge in [0.1, 0.15) is 22.5 Å². The van der Waals surface area contributed by atoms with E-state index in [1.807, 2.05) is 0 Å². The molecule has 0 saturated carbocycles. The summed E-state index contributed by atoms with van der Waals surface area (Å²) in [6, 6.07) is 60.4. The van der Waals surface area contributed by atoms with Crippen LogP contribution in [0.15, 0.2) is 181 Å². The van der Waals surface area contributed by atoms with Crippen LogP contribution < -0.4 is 14.3 Å². The number of hydrogen-bond donors (Lipinski definition) is 0. The van der Waals surface area contributed by atoms with Crippen molar-refractivity contribution in [1.82, 2.24) is 4.57 Å². The molecule has 10 aromatic rings. The number of nitrogens with zero attached hydrogens (tertiary/aromatic N) is 3. The second-order valence-corrected chi connectivity index (χ2v) is 23.2. The maximum atomic E-state index is 6.97. The zero-order valence-electron chi connectivity index (χ0n) is 34.9. The molecule has 0 aliphatic carbocycles. The van der Waals surface area contributed by atoms with Gasteiger partial charge in [0, 0.05) is 33.5 Å². The van der Waals surface area contributed by atoms with Gasteiger partial charge in [-0.25, -0.2) is 0 Å². The van der Waals surface area contributed by atoms with Gasteiger partial charge in [0.25, 0.3) is 0 Å². The van der Waals surface area contributed by atoms with E-state index < -0.39 is 8.07 Å². The largest absolute Gasteiger partial charge is 0.455 e. The van der Waals surface area contributed by atoms with E-state index in [2.05, 4.69) is 203 Å². The van der Waals surface area contributed by atoms with Crippen LogP contribution in [0.2, 0.25) is 19.6 Å². The summed E-state index contributed by atoms with van der Waals surface area (Å²) in [6.45, 7) is 12.6. The number of para-hydroxylation sites is 4. The Bertz CT molecular complexity index is 3420. The topological polar surface area (TPSA) is 25.8 Å². The zero-order chi connectivity index (χ0) is 41.0. The summed E-state index contributed by atoms with van der Waals surface area (Å²) >= 11 is 0. The predicted octanol–water partition coefficient (Wildman–Crippen LogP) is 12.9. The van der Waals surface area contributed by atoms with Crippen molar-refractivity contribution in [2.75, 3.05) is 0 Å². The summed E-state index contributed by atoms with van der Waals surface area (Å²) in [5, 5.41) is 6.35. The van der Waals surface area contributed by atoms with Gasteiger partial charge in [-0.05, 0) is 82.3 Å². The van der Waals surface area contributed by atoms with Crippen molar-refractivity contribution in [2.24, 2.45) is 0 Å². The highest BCUT2D eigenvalue weighted by atomic mass is 28.3. The molecule has 0 saturated heterocycles. The highest BCUT2D eigenvalue weighted by Crippen LogP contribution is 2.47. The fourth-order valence-corrected chi connectivity index (χ4v) is 12.4. The highest BCUT2D eigenvalue weighted by molar-refractivity contribution is 6.89. The highest BCUT2D eigenvalue weighted by Gasteiger charge is 2.45. The van der Waals surface area contributed by atoms with Gasteiger partial charge in [-0.2, -0.15) is 13.7 Å². The summed E-state index contributed by atoms with van der Waals surface area (Å²) in [7, 11) is -1.89. The third-order valence-corrected chi connectivity index (χ3v) is 15.6. The second-order valence-electron chi connectivity index (χ2n) is 18.1. The van der Waals surface area contributed by atoms with Crippen molar-refractivity contribution in [3.63, 3.8) is 0 Å². The number of rotatable bonds is 3. The maximum Gasteiger partial charge on any atom is 0.304 e. The first-order valence-electron chi connectivity index (χ1n) is 21.7. The molecular weight excluding hydrogens is 759 g/mol. The molecule has 4 nitrogen and oxygen atoms in total. The van der Waals surface area contributed by atoms with E-state index in [1.165, 1.54) is 49.5 Å². The molecule has 2 aliphatic heterocycles. The number of furan rings is 1. The molecule has 0 spiro atoms. The van der Waals surface area contributed by atoms with Crippen LogP contribution in [0.1, 0.15) is 35.9 Å². The van der Waals surface area contributed by atoms with Crippen LogP contribution in [0.3, 0.4) is 0 Å². The van der Waals surface area contributed by atoms with Crippen molar-refractivity contribution in [2.45, 2.75) is 50.9 Å². The van der Waals surface area contributed by atoms with Gasteiger partial charge in [-0.3, -0.25) is 0 Å². The molecule has 2 atom stereocenters. The molecule has 12 rings (SSSR count). The number of allylic oxidation sites excluding steroid dienone is 1. The first-order chi connectivity index (χ1) is 29.8. The Morgan fingerprint density at radius 2 is 1.39 bits per heavy atom. The van der Waals surface area contributed by atoms with Gasteiger partial charge >= 0.3 is 5.82 Å². The van der Waals surface area contributed by atoms with Gasteiger partial charge in [-0.15, -0.1) is 0 Å². The second kappa shape index (κ2) is 13.6. The fourth-order valence-electron chi connectivity index (χ4n) is 10.9. The Morgan fingerprint density at radius 1 is 0.672 bits per heavy atom. The van der Waals surface area contributed by atoms with Crippen LogP contribution >= 0.6 is 0 Å². The molecule has 0 amide bonds. The molecule has 0 bridgehead atoms. The number of aryl methyl sites for hydroxylation is 1. The Balaban J connectivity index is 1.15. The predicted molar refractivity (Wildman–Crippen MR) is 254 cm³/mol. The van der Waals surface area contributed by atoms with E-state index in [0.717, 1.165) is 75.0 Å². The maximum absolute atomic E-state index is 6.97. The molecule has 61 heavy (non-hydrogen) atoms. The van der Waals surface area contributed by atoms with Crippen LogP contribution in [0, 0.1) is 0 Å². The van der Waals surface area contributed by atoms with Crippen molar-refractivity contribution < 1.29 is 13.6 Å². The van der Waals surface area contributed by atoms with Gasteiger partial charge in [0.05, 0.1) is 14.5 Å². The first kappa shape index (κ1) is 36.1. The number of pyridine rings is 1. The summed E-state index contributed by atoms with van der Waals surface area (Å²) in [5.74, 6) is 1.35. The lowest BCUT2D eigenvalue weighted by molar-refractivity contribution is -0.719. The molecule has 7 aromatic carbocycles. The molecular formula is C56H47N3OSi+2. The minimum absolute atomic E-state index is 0.143. The van der Waals surface area contributed by atoms with E-state index in [0.29, 0.717) is 0 Å². The first-order valence-corrected chi connectivity index (χ1v) is 25.2. The Hall–Kier alpha value is -6.82. The molecule has 2 aliphatic rings. The average Bonchev–Trinajstić information content (AvgIpc) is 3.84. The third kappa shape index (κ3) is 5.50. The molecule has 5 heterocycles. The Morgan fingerprint density at radius 3 is 2.26 bits per heavy atom. The Kier molecular flexibility index (Phi) is 8.04. The van der Waals surface area contributed by atoms with Crippen LogP contribution in [0.25, 0.3) is 88.9 Å². The van der Waals surface area contributed by atoms with E-state index in [9.17, 15) is 0 Å². The summed E-state index contributed by atoms with van der Waals surface area (Å²) in [6.07, 6.45) is 5.24. The molecule has 3 aromatic heterocycles.